The van der Waals surface area contributed by atoms with Crippen LogP contribution in [-0.2, 0) is 0 Å². The molecule has 2 aromatic carbocycles. The van der Waals surface area contributed by atoms with E-state index in [-0.39, 0.29) is 6.10 Å². The molecule has 0 aliphatic heterocycles. The van der Waals surface area contributed by atoms with E-state index in [1.807, 2.05) is 55.5 Å². The number of hydrogen-bond acceptors (Lipinski definition) is 5. The molecule has 0 bridgehead atoms. The van der Waals surface area contributed by atoms with Crippen LogP contribution in [0.25, 0.3) is 11.1 Å². The van der Waals surface area contributed by atoms with Crippen LogP contribution in [-0.4, -0.2) is 24.7 Å². The average molecular weight is 298 g/mol. The first-order valence-electron chi connectivity index (χ1n) is 7.15. The van der Waals surface area contributed by atoms with E-state index >= 15 is 0 Å². The van der Waals surface area contributed by atoms with Crippen LogP contribution in [0.4, 0.5) is 6.01 Å². The van der Waals surface area contributed by atoms with Crippen LogP contribution in [0.3, 0.4) is 0 Å². The average Bonchev–Trinajstić information content (AvgIpc) is 2.96. The normalized spacial score (nSPS) is 12.1. The lowest BCUT2D eigenvalue weighted by molar-refractivity contribution is 0.222. The van der Waals surface area contributed by atoms with Crippen molar-refractivity contribution >= 4 is 17.1 Å². The summed E-state index contributed by atoms with van der Waals surface area (Å²) in [5.74, 6) is 1.44. The number of methoxy groups -OCH3 is 1. The highest BCUT2D eigenvalue weighted by Crippen LogP contribution is 2.27. The Bertz CT molecular complexity index is 721. The molecule has 1 unspecified atom stereocenters. The van der Waals surface area contributed by atoms with E-state index in [2.05, 4.69) is 10.3 Å². The largest absolute Gasteiger partial charge is 0.493 e. The second kappa shape index (κ2) is 6.39. The first-order valence-corrected chi connectivity index (χ1v) is 7.15. The molecule has 0 saturated carbocycles. The van der Waals surface area contributed by atoms with E-state index in [1.54, 1.807) is 7.11 Å². The van der Waals surface area contributed by atoms with Gasteiger partial charge in [-0.15, -0.1) is 0 Å². The van der Waals surface area contributed by atoms with Gasteiger partial charge in [0.15, 0.2) is 17.1 Å². The van der Waals surface area contributed by atoms with Gasteiger partial charge in [0.2, 0.25) is 0 Å². The SMILES string of the molecule is COc1ccccc1OC(C)CNc1nc2ccccc2o1. The Hall–Kier alpha value is -2.69. The van der Waals surface area contributed by atoms with Crippen molar-refractivity contribution in [3.63, 3.8) is 0 Å². The second-order valence-corrected chi connectivity index (χ2v) is 4.95. The summed E-state index contributed by atoms with van der Waals surface area (Å²) in [4.78, 5) is 4.37. The number of rotatable bonds is 6. The molecule has 0 spiro atoms. The molecule has 1 heterocycles. The van der Waals surface area contributed by atoms with Crippen molar-refractivity contribution in [1.29, 1.82) is 0 Å². The maximum atomic E-state index is 5.88. The highest BCUT2D eigenvalue weighted by Gasteiger charge is 2.10. The quantitative estimate of drug-likeness (QED) is 0.751. The molecule has 22 heavy (non-hydrogen) atoms. The maximum absolute atomic E-state index is 5.88. The fourth-order valence-electron chi connectivity index (χ4n) is 2.15. The minimum absolute atomic E-state index is 0.0636. The van der Waals surface area contributed by atoms with Crippen molar-refractivity contribution in [2.75, 3.05) is 19.0 Å². The fraction of sp³-hybridized carbons (Fsp3) is 0.235. The number of para-hydroxylation sites is 4. The third-order valence-corrected chi connectivity index (χ3v) is 3.23. The van der Waals surface area contributed by atoms with Crippen molar-refractivity contribution in [3.05, 3.63) is 48.5 Å². The van der Waals surface area contributed by atoms with Crippen molar-refractivity contribution in [2.24, 2.45) is 0 Å². The maximum Gasteiger partial charge on any atom is 0.295 e. The van der Waals surface area contributed by atoms with Gasteiger partial charge in [-0.3, -0.25) is 0 Å². The number of nitrogens with zero attached hydrogens (tertiary/aromatic N) is 1. The monoisotopic (exact) mass is 298 g/mol. The zero-order chi connectivity index (χ0) is 15.4. The first-order chi connectivity index (χ1) is 10.8. The lowest BCUT2D eigenvalue weighted by Crippen LogP contribution is -2.23. The predicted molar refractivity (Wildman–Crippen MR) is 85.6 cm³/mol. The summed E-state index contributed by atoms with van der Waals surface area (Å²) in [7, 11) is 1.63. The molecule has 114 valence electrons. The van der Waals surface area contributed by atoms with Crippen LogP contribution >= 0.6 is 0 Å². The summed E-state index contributed by atoms with van der Waals surface area (Å²) < 4.78 is 16.8. The Kier molecular flexibility index (Phi) is 4.14. The van der Waals surface area contributed by atoms with Crippen molar-refractivity contribution in [1.82, 2.24) is 4.98 Å². The number of nitrogens with one attached hydrogen (secondary N) is 1. The molecule has 1 aromatic heterocycles. The first kappa shape index (κ1) is 14.3. The van der Waals surface area contributed by atoms with E-state index in [0.717, 1.165) is 22.6 Å². The summed E-state index contributed by atoms with van der Waals surface area (Å²) in [6.45, 7) is 2.55. The van der Waals surface area contributed by atoms with E-state index in [4.69, 9.17) is 13.9 Å². The number of hydrogen-bond donors (Lipinski definition) is 1. The van der Waals surface area contributed by atoms with Crippen LogP contribution in [0.2, 0.25) is 0 Å². The van der Waals surface area contributed by atoms with Crippen molar-refractivity contribution in [2.45, 2.75) is 13.0 Å². The number of fused-ring (bicyclic) bond motifs is 1. The third-order valence-electron chi connectivity index (χ3n) is 3.23. The Balaban J connectivity index is 1.61. The number of benzene rings is 2. The zero-order valence-electron chi connectivity index (χ0n) is 12.6. The van der Waals surface area contributed by atoms with Crippen LogP contribution in [0.5, 0.6) is 11.5 Å². The molecule has 0 aliphatic carbocycles. The molecule has 5 heteroatoms. The van der Waals surface area contributed by atoms with Crippen molar-refractivity contribution < 1.29 is 13.9 Å². The van der Waals surface area contributed by atoms with Gasteiger partial charge in [-0.05, 0) is 31.2 Å². The fourth-order valence-corrected chi connectivity index (χ4v) is 2.15. The van der Waals surface area contributed by atoms with E-state index in [0.29, 0.717) is 12.6 Å². The van der Waals surface area contributed by atoms with E-state index < -0.39 is 0 Å². The molecule has 3 aromatic rings. The smallest absolute Gasteiger partial charge is 0.295 e. The minimum Gasteiger partial charge on any atom is -0.493 e. The van der Waals surface area contributed by atoms with Gasteiger partial charge in [0.05, 0.1) is 13.7 Å². The third kappa shape index (κ3) is 3.14. The Labute approximate surface area is 128 Å². The summed E-state index contributed by atoms with van der Waals surface area (Å²) in [6.07, 6.45) is -0.0636. The van der Waals surface area contributed by atoms with Crippen LogP contribution < -0.4 is 14.8 Å². The Morgan fingerprint density at radius 2 is 1.82 bits per heavy atom. The van der Waals surface area contributed by atoms with Gasteiger partial charge in [0.1, 0.15) is 11.6 Å². The van der Waals surface area contributed by atoms with Gasteiger partial charge >= 0.3 is 0 Å². The molecule has 0 fully saturated rings. The van der Waals surface area contributed by atoms with Crippen LogP contribution in [0.1, 0.15) is 6.92 Å². The molecule has 1 atom stereocenters. The van der Waals surface area contributed by atoms with Crippen LogP contribution in [0.15, 0.2) is 52.9 Å². The molecular weight excluding hydrogens is 280 g/mol. The molecule has 3 rings (SSSR count). The molecule has 0 saturated heterocycles. The topological polar surface area (TPSA) is 56.5 Å². The summed E-state index contributed by atoms with van der Waals surface area (Å²) in [6, 6.07) is 15.7. The molecule has 0 amide bonds. The second-order valence-electron chi connectivity index (χ2n) is 4.95. The molecule has 5 nitrogen and oxygen atoms in total. The van der Waals surface area contributed by atoms with E-state index in [9.17, 15) is 0 Å². The highest BCUT2D eigenvalue weighted by molar-refractivity contribution is 5.74. The Morgan fingerprint density at radius 3 is 2.59 bits per heavy atom. The zero-order valence-corrected chi connectivity index (χ0v) is 12.6. The summed E-state index contributed by atoms with van der Waals surface area (Å²) >= 11 is 0. The highest BCUT2D eigenvalue weighted by atomic mass is 16.5. The van der Waals surface area contributed by atoms with Gasteiger partial charge in [-0.25, -0.2) is 0 Å². The Morgan fingerprint density at radius 1 is 1.09 bits per heavy atom. The number of aromatic nitrogens is 1. The molecule has 1 N–H and O–H groups in total. The minimum atomic E-state index is -0.0636. The van der Waals surface area contributed by atoms with E-state index in [1.165, 1.54) is 0 Å². The summed E-state index contributed by atoms with van der Waals surface area (Å²) in [5, 5.41) is 3.15. The molecule has 0 radical (unpaired) electrons. The van der Waals surface area contributed by atoms with Gasteiger partial charge in [0.25, 0.3) is 6.01 Å². The van der Waals surface area contributed by atoms with Crippen LogP contribution in [0, 0.1) is 0 Å². The van der Waals surface area contributed by atoms with Gasteiger partial charge in [0, 0.05) is 0 Å². The lowest BCUT2D eigenvalue weighted by Gasteiger charge is -2.16. The lowest BCUT2D eigenvalue weighted by atomic mass is 10.3. The molecule has 0 aliphatic rings. The van der Waals surface area contributed by atoms with Crippen molar-refractivity contribution in [3.8, 4) is 11.5 Å². The van der Waals surface area contributed by atoms with Gasteiger partial charge < -0.3 is 19.2 Å². The molecular formula is C17H18N2O3. The summed E-state index contributed by atoms with van der Waals surface area (Å²) in [5.41, 5.74) is 1.60. The number of oxazole rings is 1. The standard InChI is InChI=1S/C17H18N2O3/c1-12(21-16-10-6-5-9-15(16)20-2)11-18-17-19-13-7-3-4-8-14(13)22-17/h3-10,12H,11H2,1-2H3,(H,18,19). The number of anilines is 1. The van der Waals surface area contributed by atoms with Gasteiger partial charge in [-0.1, -0.05) is 24.3 Å². The predicted octanol–water partition coefficient (Wildman–Crippen LogP) is 3.72. The van der Waals surface area contributed by atoms with Gasteiger partial charge in [-0.2, -0.15) is 4.98 Å². The number of ether oxygens (including phenoxy) is 2.